The lowest BCUT2D eigenvalue weighted by molar-refractivity contribution is 0.247. The Kier molecular flexibility index (Phi) is 5.02. The molecule has 20 heavy (non-hydrogen) atoms. The molecular weight excluding hydrogens is 272 g/mol. The van der Waals surface area contributed by atoms with Gasteiger partial charge in [-0.1, -0.05) is 48.0 Å². The number of hydrogen-bond acceptors (Lipinski definition) is 1. The van der Waals surface area contributed by atoms with Crippen molar-refractivity contribution in [3.05, 3.63) is 65.2 Å². The van der Waals surface area contributed by atoms with Crippen LogP contribution < -0.4 is 10.2 Å². The molecule has 0 aromatic heterocycles. The molecule has 0 saturated carbocycles. The fraction of sp³-hybridized carbons (Fsp3) is 0.188. The van der Waals surface area contributed by atoms with Crippen LogP contribution in [0.5, 0.6) is 0 Å². The zero-order chi connectivity index (χ0) is 14.4. The third kappa shape index (κ3) is 3.75. The van der Waals surface area contributed by atoms with Gasteiger partial charge in [0.25, 0.3) is 0 Å². The van der Waals surface area contributed by atoms with E-state index in [1.807, 2.05) is 54.6 Å². The van der Waals surface area contributed by atoms with Crippen LogP contribution in [0.2, 0.25) is 5.02 Å². The Morgan fingerprint density at radius 3 is 2.45 bits per heavy atom. The van der Waals surface area contributed by atoms with Crippen molar-refractivity contribution < 1.29 is 4.79 Å². The topological polar surface area (TPSA) is 32.3 Å². The first-order valence-electron chi connectivity index (χ1n) is 6.48. The summed E-state index contributed by atoms with van der Waals surface area (Å²) in [6.07, 6.45) is 0.716. The zero-order valence-electron chi connectivity index (χ0n) is 11.3. The summed E-state index contributed by atoms with van der Waals surface area (Å²) in [5.41, 5.74) is 1.90. The van der Waals surface area contributed by atoms with Gasteiger partial charge in [-0.25, -0.2) is 4.79 Å². The number of halogens is 1. The molecule has 0 bridgehead atoms. The molecule has 0 saturated heterocycles. The number of urea groups is 1. The summed E-state index contributed by atoms with van der Waals surface area (Å²) in [6.45, 7) is 0.555. The van der Waals surface area contributed by atoms with Crippen molar-refractivity contribution in [1.29, 1.82) is 0 Å². The molecule has 0 spiro atoms. The molecule has 1 N–H and O–H groups in total. The Morgan fingerprint density at radius 1 is 1.10 bits per heavy atom. The maximum absolute atomic E-state index is 12.0. The van der Waals surface area contributed by atoms with Crippen LogP contribution in [0.4, 0.5) is 10.5 Å². The highest BCUT2D eigenvalue weighted by Crippen LogP contribution is 2.15. The molecule has 0 aliphatic carbocycles. The van der Waals surface area contributed by atoms with Crippen LogP contribution in [0.25, 0.3) is 0 Å². The third-order valence-electron chi connectivity index (χ3n) is 3.08. The van der Waals surface area contributed by atoms with Gasteiger partial charge in [-0.2, -0.15) is 0 Å². The first-order valence-corrected chi connectivity index (χ1v) is 6.86. The van der Waals surface area contributed by atoms with Crippen molar-refractivity contribution >= 4 is 23.3 Å². The Bertz CT molecular complexity index is 572. The molecule has 2 aromatic carbocycles. The Morgan fingerprint density at radius 2 is 1.75 bits per heavy atom. The third-order valence-corrected chi connectivity index (χ3v) is 3.45. The smallest absolute Gasteiger partial charge is 0.321 e. The minimum absolute atomic E-state index is 0.122. The van der Waals surface area contributed by atoms with Gasteiger partial charge in [-0.3, -0.25) is 4.90 Å². The summed E-state index contributed by atoms with van der Waals surface area (Å²) in [5, 5.41) is 3.62. The predicted molar refractivity (Wildman–Crippen MR) is 83.4 cm³/mol. The number of amides is 2. The minimum Gasteiger partial charge on any atom is -0.337 e. The van der Waals surface area contributed by atoms with Gasteiger partial charge in [0.05, 0.1) is 0 Å². The van der Waals surface area contributed by atoms with E-state index in [9.17, 15) is 4.79 Å². The van der Waals surface area contributed by atoms with Gasteiger partial charge >= 0.3 is 6.03 Å². The van der Waals surface area contributed by atoms with Crippen LogP contribution in [-0.4, -0.2) is 19.6 Å². The van der Waals surface area contributed by atoms with Crippen LogP contribution in [0, 0.1) is 0 Å². The number of para-hydroxylation sites is 1. The van der Waals surface area contributed by atoms with E-state index in [0.717, 1.165) is 16.3 Å². The summed E-state index contributed by atoms with van der Waals surface area (Å²) in [5.74, 6) is 0. The summed E-state index contributed by atoms with van der Waals surface area (Å²) < 4.78 is 0. The van der Waals surface area contributed by atoms with Crippen molar-refractivity contribution in [2.45, 2.75) is 6.42 Å². The summed E-state index contributed by atoms with van der Waals surface area (Å²) in [6, 6.07) is 17.1. The molecule has 2 rings (SSSR count). The molecule has 0 fully saturated rings. The maximum Gasteiger partial charge on any atom is 0.321 e. The summed E-state index contributed by atoms with van der Waals surface area (Å²) in [4.78, 5) is 13.6. The van der Waals surface area contributed by atoms with Crippen molar-refractivity contribution in [3.8, 4) is 0 Å². The van der Waals surface area contributed by atoms with Gasteiger partial charge in [0.2, 0.25) is 0 Å². The zero-order valence-corrected chi connectivity index (χ0v) is 12.1. The molecule has 0 heterocycles. The van der Waals surface area contributed by atoms with Gasteiger partial charge < -0.3 is 5.32 Å². The van der Waals surface area contributed by atoms with Gasteiger partial charge in [0, 0.05) is 24.3 Å². The van der Waals surface area contributed by atoms with Crippen molar-refractivity contribution in [3.63, 3.8) is 0 Å². The van der Waals surface area contributed by atoms with Crippen LogP contribution in [-0.2, 0) is 6.42 Å². The van der Waals surface area contributed by atoms with Crippen molar-refractivity contribution in [1.82, 2.24) is 5.32 Å². The Labute approximate surface area is 124 Å². The van der Waals surface area contributed by atoms with E-state index in [1.165, 1.54) is 0 Å². The lowest BCUT2D eigenvalue weighted by atomic mass is 10.1. The Hall–Kier alpha value is -2.00. The molecule has 3 nitrogen and oxygen atoms in total. The number of benzene rings is 2. The Balaban J connectivity index is 1.85. The van der Waals surface area contributed by atoms with E-state index in [1.54, 1.807) is 11.9 Å². The largest absolute Gasteiger partial charge is 0.337 e. The normalized spacial score (nSPS) is 10.1. The number of hydrogen-bond donors (Lipinski definition) is 1. The molecule has 2 amide bonds. The van der Waals surface area contributed by atoms with Gasteiger partial charge in [-0.15, -0.1) is 0 Å². The van der Waals surface area contributed by atoms with E-state index in [-0.39, 0.29) is 6.03 Å². The fourth-order valence-electron chi connectivity index (χ4n) is 1.89. The molecule has 4 heteroatoms. The molecule has 0 unspecified atom stereocenters. The van der Waals surface area contributed by atoms with Crippen LogP contribution in [0.15, 0.2) is 54.6 Å². The number of carbonyl (C=O) groups is 1. The number of anilines is 1. The van der Waals surface area contributed by atoms with E-state index >= 15 is 0 Å². The van der Waals surface area contributed by atoms with Crippen LogP contribution >= 0.6 is 11.6 Å². The second kappa shape index (κ2) is 6.96. The average molecular weight is 289 g/mol. The standard InChI is InChI=1S/C16H17ClN2O/c1-19(14-8-3-2-4-9-14)16(20)18-12-11-13-7-5-6-10-15(13)17/h2-10H,11-12H2,1H3,(H,18,20). The van der Waals surface area contributed by atoms with Crippen LogP contribution in [0.1, 0.15) is 5.56 Å². The molecule has 104 valence electrons. The van der Waals surface area contributed by atoms with Gasteiger partial charge in [0.15, 0.2) is 0 Å². The number of rotatable bonds is 4. The van der Waals surface area contributed by atoms with Crippen molar-refractivity contribution in [2.75, 3.05) is 18.5 Å². The highest BCUT2D eigenvalue weighted by atomic mass is 35.5. The lowest BCUT2D eigenvalue weighted by Crippen LogP contribution is -2.38. The van der Waals surface area contributed by atoms with Crippen molar-refractivity contribution in [2.24, 2.45) is 0 Å². The molecule has 0 aliphatic rings. The molecular formula is C16H17ClN2O. The molecule has 0 aliphatic heterocycles. The molecule has 2 aromatic rings. The van der Waals surface area contributed by atoms with Gasteiger partial charge in [-0.05, 0) is 30.2 Å². The number of carbonyl (C=O) groups excluding carboxylic acids is 1. The number of nitrogens with zero attached hydrogens (tertiary/aromatic N) is 1. The predicted octanol–water partition coefficient (Wildman–Crippen LogP) is 3.73. The van der Waals surface area contributed by atoms with E-state index in [4.69, 9.17) is 11.6 Å². The monoisotopic (exact) mass is 288 g/mol. The summed E-state index contributed by atoms with van der Waals surface area (Å²) in [7, 11) is 1.75. The second-order valence-electron chi connectivity index (χ2n) is 4.47. The van der Waals surface area contributed by atoms with E-state index in [2.05, 4.69) is 5.32 Å². The van der Waals surface area contributed by atoms with Gasteiger partial charge in [0.1, 0.15) is 0 Å². The minimum atomic E-state index is -0.122. The van der Waals surface area contributed by atoms with E-state index < -0.39 is 0 Å². The fourth-order valence-corrected chi connectivity index (χ4v) is 2.12. The quantitative estimate of drug-likeness (QED) is 0.913. The first kappa shape index (κ1) is 14.4. The van der Waals surface area contributed by atoms with E-state index in [0.29, 0.717) is 13.0 Å². The van der Waals surface area contributed by atoms with Crippen LogP contribution in [0.3, 0.4) is 0 Å². The molecule has 0 atom stereocenters. The summed E-state index contributed by atoms with van der Waals surface area (Å²) >= 11 is 6.07. The SMILES string of the molecule is CN(C(=O)NCCc1ccccc1Cl)c1ccccc1. The first-order chi connectivity index (χ1) is 9.68. The lowest BCUT2D eigenvalue weighted by Gasteiger charge is -2.18. The maximum atomic E-state index is 12.0. The molecule has 0 radical (unpaired) electrons. The highest BCUT2D eigenvalue weighted by Gasteiger charge is 2.09. The number of nitrogens with one attached hydrogen (secondary N) is 1. The highest BCUT2D eigenvalue weighted by molar-refractivity contribution is 6.31. The second-order valence-corrected chi connectivity index (χ2v) is 4.88. The average Bonchev–Trinajstić information content (AvgIpc) is 2.49.